The van der Waals surface area contributed by atoms with E-state index in [1.54, 1.807) is 19.5 Å². The van der Waals surface area contributed by atoms with E-state index in [-0.39, 0.29) is 0 Å². The van der Waals surface area contributed by atoms with Crippen molar-refractivity contribution < 1.29 is 9.26 Å². The number of nitrogens with zero attached hydrogens (tertiary/aromatic N) is 3. The van der Waals surface area contributed by atoms with E-state index in [1.807, 2.05) is 13.0 Å². The van der Waals surface area contributed by atoms with Gasteiger partial charge < -0.3 is 14.6 Å². The van der Waals surface area contributed by atoms with E-state index >= 15 is 0 Å². The van der Waals surface area contributed by atoms with Crippen LogP contribution in [0.25, 0.3) is 0 Å². The Kier molecular flexibility index (Phi) is 3.00. The Bertz CT molecular complexity index is 452. The highest BCUT2D eigenvalue weighted by Crippen LogP contribution is 2.09. The fourth-order valence-corrected chi connectivity index (χ4v) is 1.18. The van der Waals surface area contributed by atoms with Crippen LogP contribution in [0.3, 0.4) is 0 Å². The largest absolute Gasteiger partial charge is 0.494 e. The lowest BCUT2D eigenvalue weighted by Gasteiger charge is -2.02. The Labute approximate surface area is 92.7 Å². The minimum absolute atomic E-state index is 0.507. The van der Waals surface area contributed by atoms with Gasteiger partial charge in [-0.05, 0) is 6.92 Å². The van der Waals surface area contributed by atoms with Gasteiger partial charge in [-0.3, -0.25) is 0 Å². The normalized spacial score (nSPS) is 10.1. The molecule has 16 heavy (non-hydrogen) atoms. The van der Waals surface area contributed by atoms with Gasteiger partial charge in [-0.25, -0.2) is 9.97 Å². The maximum absolute atomic E-state index is 5.04. The summed E-state index contributed by atoms with van der Waals surface area (Å²) in [7, 11) is 1.57. The van der Waals surface area contributed by atoms with Crippen LogP contribution in [0.2, 0.25) is 0 Å². The number of nitrogens with one attached hydrogen (secondary N) is 1. The molecule has 0 saturated heterocycles. The van der Waals surface area contributed by atoms with E-state index in [9.17, 15) is 0 Å². The molecule has 2 aromatic heterocycles. The van der Waals surface area contributed by atoms with Crippen molar-refractivity contribution in [3.05, 3.63) is 29.9 Å². The zero-order valence-electron chi connectivity index (χ0n) is 9.10. The van der Waals surface area contributed by atoms with Crippen molar-refractivity contribution in [1.82, 2.24) is 15.1 Å². The van der Waals surface area contributed by atoms with Gasteiger partial charge in [0.05, 0.1) is 31.7 Å². The van der Waals surface area contributed by atoms with Crippen LogP contribution in [0, 0.1) is 6.92 Å². The summed E-state index contributed by atoms with van der Waals surface area (Å²) in [5.74, 6) is 1.90. The number of hydrogen-bond acceptors (Lipinski definition) is 6. The van der Waals surface area contributed by atoms with Gasteiger partial charge in [0.25, 0.3) is 0 Å². The average Bonchev–Trinajstić information content (AvgIpc) is 2.73. The average molecular weight is 220 g/mol. The lowest BCUT2D eigenvalue weighted by Crippen LogP contribution is -2.02. The van der Waals surface area contributed by atoms with Crippen LogP contribution in [0.15, 0.2) is 23.0 Å². The van der Waals surface area contributed by atoms with Crippen molar-refractivity contribution >= 4 is 5.95 Å². The maximum Gasteiger partial charge on any atom is 0.223 e. The molecule has 0 aromatic carbocycles. The number of anilines is 1. The summed E-state index contributed by atoms with van der Waals surface area (Å²) in [5.41, 5.74) is 0.854. The topological polar surface area (TPSA) is 73.1 Å². The molecule has 0 spiro atoms. The fraction of sp³-hybridized carbons (Fsp3) is 0.300. The number of ether oxygens (including phenoxy) is 1. The van der Waals surface area contributed by atoms with E-state index in [0.29, 0.717) is 18.2 Å². The first-order valence-corrected chi connectivity index (χ1v) is 4.80. The van der Waals surface area contributed by atoms with Gasteiger partial charge in [0.15, 0.2) is 11.5 Å². The van der Waals surface area contributed by atoms with Crippen molar-refractivity contribution in [3.8, 4) is 5.75 Å². The molecule has 0 saturated carbocycles. The number of aryl methyl sites for hydroxylation is 1. The van der Waals surface area contributed by atoms with Gasteiger partial charge in [-0.1, -0.05) is 5.16 Å². The summed E-state index contributed by atoms with van der Waals surface area (Å²) in [5, 5.41) is 6.79. The molecule has 0 bridgehead atoms. The van der Waals surface area contributed by atoms with Crippen LogP contribution < -0.4 is 10.1 Å². The minimum atomic E-state index is 0.507. The highest BCUT2D eigenvalue weighted by molar-refractivity contribution is 5.27. The van der Waals surface area contributed by atoms with Crippen LogP contribution in [0.5, 0.6) is 5.75 Å². The monoisotopic (exact) mass is 220 g/mol. The SMILES string of the molecule is COc1cnc(NCc2cc(C)no2)nc1. The highest BCUT2D eigenvalue weighted by atomic mass is 16.5. The molecule has 0 radical (unpaired) electrons. The summed E-state index contributed by atoms with van der Waals surface area (Å²) in [6, 6.07) is 1.86. The summed E-state index contributed by atoms with van der Waals surface area (Å²) >= 11 is 0. The number of hydrogen-bond donors (Lipinski definition) is 1. The first-order chi connectivity index (χ1) is 7.78. The van der Waals surface area contributed by atoms with Crippen LogP contribution in [-0.4, -0.2) is 22.2 Å². The molecule has 0 fully saturated rings. The minimum Gasteiger partial charge on any atom is -0.494 e. The molecule has 0 amide bonds. The molecule has 2 rings (SSSR count). The van der Waals surface area contributed by atoms with Crippen LogP contribution >= 0.6 is 0 Å². The first kappa shape index (κ1) is 10.4. The maximum atomic E-state index is 5.04. The number of methoxy groups -OCH3 is 1. The van der Waals surface area contributed by atoms with Crippen molar-refractivity contribution in [2.75, 3.05) is 12.4 Å². The van der Waals surface area contributed by atoms with Gasteiger partial charge >= 0.3 is 0 Å². The molecule has 2 heterocycles. The highest BCUT2D eigenvalue weighted by Gasteiger charge is 2.01. The van der Waals surface area contributed by atoms with Crippen molar-refractivity contribution in [2.24, 2.45) is 0 Å². The molecule has 6 heteroatoms. The molecule has 0 aliphatic rings. The predicted molar refractivity (Wildman–Crippen MR) is 57.2 cm³/mol. The van der Waals surface area contributed by atoms with Gasteiger partial charge in [0.1, 0.15) is 0 Å². The van der Waals surface area contributed by atoms with Gasteiger partial charge in [-0.2, -0.15) is 0 Å². The molecule has 84 valence electrons. The summed E-state index contributed by atoms with van der Waals surface area (Å²) in [6.45, 7) is 2.38. The first-order valence-electron chi connectivity index (χ1n) is 4.80. The Balaban J connectivity index is 1.94. The predicted octanol–water partition coefficient (Wildman–Crippen LogP) is 1.39. The van der Waals surface area contributed by atoms with Crippen molar-refractivity contribution in [2.45, 2.75) is 13.5 Å². The van der Waals surface area contributed by atoms with E-state index < -0.39 is 0 Å². The third-order valence-corrected chi connectivity index (χ3v) is 1.96. The smallest absolute Gasteiger partial charge is 0.223 e. The quantitative estimate of drug-likeness (QED) is 0.839. The van der Waals surface area contributed by atoms with Crippen LogP contribution in [0.4, 0.5) is 5.95 Å². The second-order valence-corrected chi connectivity index (χ2v) is 3.23. The summed E-state index contributed by atoms with van der Waals surface area (Å²) in [6.07, 6.45) is 3.20. The van der Waals surface area contributed by atoms with Crippen LogP contribution in [0.1, 0.15) is 11.5 Å². The Morgan fingerprint density at radius 3 is 2.69 bits per heavy atom. The number of rotatable bonds is 4. The lowest BCUT2D eigenvalue weighted by molar-refractivity contribution is 0.384. The number of aromatic nitrogens is 3. The molecular weight excluding hydrogens is 208 g/mol. The standard InChI is InChI=1S/C10H12N4O2/c1-7-3-8(16-14-7)4-11-10-12-5-9(15-2)6-13-10/h3,5-6H,4H2,1-2H3,(H,11,12,13). The zero-order valence-corrected chi connectivity index (χ0v) is 9.10. The molecule has 0 atom stereocenters. The Morgan fingerprint density at radius 2 is 2.12 bits per heavy atom. The molecular formula is C10H12N4O2. The van der Waals surface area contributed by atoms with E-state index in [1.165, 1.54) is 0 Å². The lowest BCUT2D eigenvalue weighted by atomic mass is 10.4. The third kappa shape index (κ3) is 2.47. The fourth-order valence-electron chi connectivity index (χ4n) is 1.18. The van der Waals surface area contributed by atoms with Gasteiger partial charge in [0.2, 0.25) is 5.95 Å². The third-order valence-electron chi connectivity index (χ3n) is 1.96. The summed E-state index contributed by atoms with van der Waals surface area (Å²) in [4.78, 5) is 8.12. The Hall–Kier alpha value is -2.11. The second kappa shape index (κ2) is 4.61. The van der Waals surface area contributed by atoms with E-state index in [2.05, 4.69) is 20.4 Å². The molecule has 0 aliphatic heterocycles. The second-order valence-electron chi connectivity index (χ2n) is 3.23. The van der Waals surface area contributed by atoms with E-state index in [0.717, 1.165) is 11.5 Å². The molecule has 6 nitrogen and oxygen atoms in total. The zero-order chi connectivity index (χ0) is 11.4. The summed E-state index contributed by atoms with van der Waals surface area (Å²) < 4.78 is 9.99. The molecule has 1 N–H and O–H groups in total. The van der Waals surface area contributed by atoms with Gasteiger partial charge in [0, 0.05) is 6.07 Å². The van der Waals surface area contributed by atoms with E-state index in [4.69, 9.17) is 9.26 Å². The molecule has 0 aliphatic carbocycles. The Morgan fingerprint density at radius 1 is 1.38 bits per heavy atom. The van der Waals surface area contributed by atoms with Crippen molar-refractivity contribution in [1.29, 1.82) is 0 Å². The van der Waals surface area contributed by atoms with Gasteiger partial charge in [-0.15, -0.1) is 0 Å². The van der Waals surface area contributed by atoms with Crippen LogP contribution in [-0.2, 0) is 6.54 Å². The molecule has 0 unspecified atom stereocenters. The molecule has 2 aromatic rings. The van der Waals surface area contributed by atoms with Crippen molar-refractivity contribution in [3.63, 3.8) is 0 Å².